The highest BCUT2D eigenvalue weighted by atomic mass is 32.1. The van der Waals surface area contributed by atoms with E-state index in [1.165, 1.54) is 17.7 Å². The standard InChI is InChI=1S/C21H22N4S.C5H12N2.C2H7N/c1-5-16-14(2)17(12-22-3)20(23-15-10-11-24(4)13-15)25-18-8-6-7-9-19(18)26-21(16)25;1-7-3-2-5(6)4-7;1-3-2/h5-9,12,15H,1-3,10-11,13H2,4H3;5H,2-4,6H2,1H3;3H,1-2H3/b17-12-,23-20?;;. The van der Waals surface area contributed by atoms with Crippen LogP contribution in [0.2, 0.25) is 0 Å². The third-order valence-corrected chi connectivity index (χ3v) is 7.53. The fourth-order valence-corrected chi connectivity index (χ4v) is 5.84. The van der Waals surface area contributed by atoms with Gasteiger partial charge in [-0.1, -0.05) is 31.4 Å². The Kier molecular flexibility index (Phi) is 10.2. The number of likely N-dealkylation sites (tertiary alicyclic amines) is 2. The molecule has 0 spiro atoms. The fourth-order valence-electron chi connectivity index (χ4n) is 4.63. The Morgan fingerprint density at radius 3 is 2.31 bits per heavy atom. The van der Waals surface area contributed by atoms with Crippen LogP contribution in [0.5, 0.6) is 0 Å². The summed E-state index contributed by atoms with van der Waals surface area (Å²) < 4.78 is 3.46. The number of benzene rings is 1. The van der Waals surface area contributed by atoms with Crippen LogP contribution in [0.25, 0.3) is 33.9 Å². The minimum atomic E-state index is 0.278. The van der Waals surface area contributed by atoms with Crippen LogP contribution in [-0.4, -0.2) is 87.4 Å². The van der Waals surface area contributed by atoms with Crippen LogP contribution in [-0.2, 0) is 0 Å². The van der Waals surface area contributed by atoms with Crippen molar-refractivity contribution in [1.82, 2.24) is 19.5 Å². The van der Waals surface area contributed by atoms with Crippen LogP contribution in [0.15, 0.2) is 40.8 Å². The Bertz CT molecular complexity index is 1360. The van der Waals surface area contributed by atoms with E-state index in [1.54, 1.807) is 17.5 Å². The molecule has 36 heavy (non-hydrogen) atoms. The molecule has 2 saturated heterocycles. The van der Waals surface area contributed by atoms with Gasteiger partial charge in [0, 0.05) is 36.1 Å². The molecule has 5 rings (SSSR count). The molecule has 0 aliphatic carbocycles. The van der Waals surface area contributed by atoms with E-state index in [-0.39, 0.29) is 6.04 Å². The number of nitrogens with two attached hydrogens (primary N) is 1. The number of para-hydroxylation sites is 1. The van der Waals surface area contributed by atoms with Gasteiger partial charge in [0.25, 0.3) is 0 Å². The molecular weight excluding hydrogens is 466 g/mol. The Balaban J connectivity index is 0.000000304. The third-order valence-electron chi connectivity index (χ3n) is 6.37. The average molecular weight is 508 g/mol. The number of thiazole rings is 1. The van der Waals surface area contributed by atoms with Crippen LogP contribution >= 0.6 is 11.3 Å². The van der Waals surface area contributed by atoms with Crippen molar-refractivity contribution in [3.8, 4) is 0 Å². The van der Waals surface area contributed by atoms with Gasteiger partial charge in [-0.25, -0.2) is 0 Å². The summed E-state index contributed by atoms with van der Waals surface area (Å²) in [5.74, 6) is 0. The molecule has 1 aromatic carbocycles. The van der Waals surface area contributed by atoms with Gasteiger partial charge in [0.1, 0.15) is 10.3 Å². The van der Waals surface area contributed by atoms with Crippen LogP contribution in [0.4, 0.5) is 0 Å². The highest BCUT2D eigenvalue weighted by Gasteiger charge is 2.19. The van der Waals surface area contributed by atoms with Gasteiger partial charge >= 0.3 is 0 Å². The number of hydrogen-bond acceptors (Lipinski definition) is 7. The Morgan fingerprint density at radius 2 is 1.78 bits per heavy atom. The second kappa shape index (κ2) is 13.1. The summed E-state index contributed by atoms with van der Waals surface area (Å²) >= 11 is 1.75. The van der Waals surface area contributed by atoms with Gasteiger partial charge in [-0.15, -0.1) is 11.3 Å². The van der Waals surface area contributed by atoms with Crippen molar-refractivity contribution in [1.29, 1.82) is 0 Å². The van der Waals surface area contributed by atoms with Crippen LogP contribution < -0.4 is 27.0 Å². The first-order valence-electron chi connectivity index (χ1n) is 12.4. The van der Waals surface area contributed by atoms with Crippen molar-refractivity contribution in [3.63, 3.8) is 0 Å². The summed E-state index contributed by atoms with van der Waals surface area (Å²) in [4.78, 5) is 14.9. The Morgan fingerprint density at radius 1 is 1.11 bits per heavy atom. The lowest BCUT2D eigenvalue weighted by molar-refractivity contribution is 0.410. The maximum absolute atomic E-state index is 5.58. The number of nitrogens with one attached hydrogen (secondary N) is 1. The van der Waals surface area contributed by atoms with Crippen LogP contribution in [0, 0.1) is 0 Å². The maximum Gasteiger partial charge on any atom is 0.143 e. The highest BCUT2D eigenvalue weighted by molar-refractivity contribution is 7.24. The molecule has 2 fully saturated rings. The average Bonchev–Trinajstić information content (AvgIpc) is 3.55. The molecule has 2 aromatic heterocycles. The highest BCUT2D eigenvalue weighted by Crippen LogP contribution is 2.26. The zero-order chi connectivity index (χ0) is 26.2. The molecular formula is C28H41N7S. The van der Waals surface area contributed by atoms with E-state index in [2.05, 4.69) is 82.7 Å². The molecule has 0 saturated carbocycles. The second-order valence-corrected chi connectivity index (χ2v) is 10.5. The number of aliphatic imine (C=N–C) groups is 1. The Hall–Kier alpha value is -2.62. The normalized spacial score (nSPS) is 21.4. The maximum atomic E-state index is 5.58. The number of likely N-dealkylation sites (N-methyl/N-ethyl adjacent to an activating group) is 2. The van der Waals surface area contributed by atoms with E-state index >= 15 is 0 Å². The van der Waals surface area contributed by atoms with Gasteiger partial charge in [0.05, 0.1) is 16.3 Å². The third kappa shape index (κ3) is 6.38. The van der Waals surface area contributed by atoms with Crippen molar-refractivity contribution in [2.24, 2.45) is 15.7 Å². The summed E-state index contributed by atoms with van der Waals surface area (Å²) in [5.41, 5.74) is 8.68. The van der Waals surface area contributed by atoms with Gasteiger partial charge in [-0.3, -0.25) is 14.4 Å². The quantitative estimate of drug-likeness (QED) is 0.530. The van der Waals surface area contributed by atoms with Gasteiger partial charge in [-0.05, 0) is 78.2 Å². The number of rotatable bonds is 3. The lowest BCUT2D eigenvalue weighted by atomic mass is 10.2. The first kappa shape index (κ1) is 28.0. The number of nitrogens with zero attached hydrogens (tertiary/aromatic N) is 5. The molecule has 2 aliphatic heterocycles. The molecule has 7 nitrogen and oxygen atoms in total. The van der Waals surface area contributed by atoms with Gasteiger partial charge < -0.3 is 20.9 Å². The second-order valence-electron chi connectivity index (χ2n) is 9.50. The van der Waals surface area contributed by atoms with E-state index in [4.69, 9.17) is 10.7 Å². The molecule has 0 radical (unpaired) electrons. The lowest BCUT2D eigenvalue weighted by Crippen LogP contribution is -2.45. The number of pyridine rings is 1. The smallest absolute Gasteiger partial charge is 0.143 e. The van der Waals surface area contributed by atoms with E-state index in [0.717, 1.165) is 57.9 Å². The monoisotopic (exact) mass is 507 g/mol. The summed E-state index contributed by atoms with van der Waals surface area (Å²) in [6.45, 7) is 16.3. The lowest BCUT2D eigenvalue weighted by Gasteiger charge is -2.08. The minimum Gasteiger partial charge on any atom is -0.326 e. The van der Waals surface area contributed by atoms with Gasteiger partial charge in [0.15, 0.2) is 0 Å². The molecule has 2 aliphatic rings. The predicted octanol–water partition coefficient (Wildman–Crippen LogP) is 1.74. The van der Waals surface area contributed by atoms with Crippen molar-refractivity contribution in [3.05, 3.63) is 52.3 Å². The first-order valence-corrected chi connectivity index (χ1v) is 13.2. The predicted molar refractivity (Wildman–Crippen MR) is 158 cm³/mol. The molecule has 2 unspecified atom stereocenters. The van der Waals surface area contributed by atoms with Crippen molar-refractivity contribution in [2.75, 3.05) is 54.4 Å². The van der Waals surface area contributed by atoms with E-state index < -0.39 is 0 Å². The minimum absolute atomic E-state index is 0.278. The zero-order valence-corrected chi connectivity index (χ0v) is 23.0. The van der Waals surface area contributed by atoms with Gasteiger partial charge in [-0.2, -0.15) is 0 Å². The molecule has 3 aromatic rings. The summed E-state index contributed by atoms with van der Waals surface area (Å²) in [6, 6.07) is 9.14. The zero-order valence-electron chi connectivity index (χ0n) is 22.2. The molecule has 4 heterocycles. The SMILES string of the molecule is C=Cc1c(=C)/c(=C/N=C)c(=NC2CCN(C)C2)n2c1sc1ccccc12.CN1CCC(N)C1.CNC. The summed E-state index contributed by atoms with van der Waals surface area (Å²) in [6.07, 6.45) is 5.89. The number of hydrogen-bond donors (Lipinski definition) is 2. The van der Waals surface area contributed by atoms with Crippen LogP contribution in [0.1, 0.15) is 18.4 Å². The van der Waals surface area contributed by atoms with Gasteiger partial charge in [0.2, 0.25) is 0 Å². The van der Waals surface area contributed by atoms with E-state index in [1.807, 2.05) is 20.2 Å². The number of aromatic nitrogens is 1. The largest absolute Gasteiger partial charge is 0.326 e. The molecule has 0 bridgehead atoms. The first-order chi connectivity index (χ1) is 17.3. The molecule has 194 valence electrons. The summed E-state index contributed by atoms with van der Waals surface area (Å²) in [7, 11) is 8.00. The Labute approximate surface area is 218 Å². The van der Waals surface area contributed by atoms with E-state index in [0.29, 0.717) is 6.04 Å². The molecule has 8 heteroatoms. The molecule has 2 atom stereocenters. The van der Waals surface area contributed by atoms with Crippen molar-refractivity contribution in [2.45, 2.75) is 24.9 Å². The van der Waals surface area contributed by atoms with Crippen molar-refractivity contribution >= 4 is 52.0 Å². The molecule has 0 amide bonds. The fraction of sp³-hybridized carbons (Fsp3) is 0.429. The van der Waals surface area contributed by atoms with Crippen molar-refractivity contribution < 1.29 is 0 Å². The topological polar surface area (TPSA) is 73.7 Å². The number of fused-ring (bicyclic) bond motifs is 3. The van der Waals surface area contributed by atoms with Crippen LogP contribution in [0.3, 0.4) is 0 Å². The van der Waals surface area contributed by atoms with E-state index in [9.17, 15) is 0 Å². The summed E-state index contributed by atoms with van der Waals surface area (Å²) in [5, 5.41) is 4.58. The molecule has 3 N–H and O–H groups in total.